The van der Waals surface area contributed by atoms with Crippen LogP contribution < -0.4 is 18.9 Å². The highest BCUT2D eigenvalue weighted by atomic mass is 16.5. The number of hydrogen-bond donors (Lipinski definition) is 0. The summed E-state index contributed by atoms with van der Waals surface area (Å²) in [5.74, 6) is -1.15. The third-order valence-corrected chi connectivity index (χ3v) is 6.85. The van der Waals surface area contributed by atoms with Gasteiger partial charge < -0.3 is 18.9 Å². The fourth-order valence-corrected chi connectivity index (χ4v) is 4.22. The van der Waals surface area contributed by atoms with Gasteiger partial charge in [-0.2, -0.15) is 0 Å². The Bertz CT molecular complexity index is 1980. The molecule has 0 aliphatic heterocycles. The zero-order valence-electron chi connectivity index (χ0n) is 27.2. The molecule has 0 amide bonds. The van der Waals surface area contributed by atoms with Gasteiger partial charge in [-0.1, -0.05) is 74.8 Å². The number of carbonyl (C=O) groups is 4. The van der Waals surface area contributed by atoms with E-state index in [1.807, 2.05) is 6.07 Å². The Labute approximate surface area is 279 Å². The van der Waals surface area contributed by atoms with Gasteiger partial charge in [-0.05, 0) is 86.3 Å². The van der Waals surface area contributed by atoms with Gasteiger partial charge in [0.05, 0.1) is 0 Å². The monoisotopic (exact) mass is 642 g/mol. The van der Waals surface area contributed by atoms with Crippen molar-refractivity contribution in [1.82, 2.24) is 0 Å². The minimum absolute atomic E-state index is 0.203. The summed E-state index contributed by atoms with van der Waals surface area (Å²) in [6, 6.07) is 24.2. The molecular formula is C40H34O8. The van der Waals surface area contributed by atoms with Gasteiger partial charge in [0.25, 0.3) is 0 Å². The van der Waals surface area contributed by atoms with E-state index in [-0.39, 0.29) is 33.8 Å². The smallest absolute Gasteiger partial charge is 0.338 e. The fraction of sp³-hybridized carbons (Fsp3) is 0.100. The SMILES string of the molecule is C=C(C)C(=O)Oc1ccc(-c2ccc(-c3ccc(-c4ccc(OC(=O)C(=C)C)cc4)c(OC(=O)C(=C)C)c3)c(OC(=O)C(=C)C)c2)cc1. The molecule has 0 spiro atoms. The van der Waals surface area contributed by atoms with E-state index in [4.69, 9.17) is 18.9 Å². The minimum atomic E-state index is -0.623. The molecule has 0 aliphatic carbocycles. The highest BCUT2D eigenvalue weighted by Gasteiger charge is 2.18. The predicted octanol–water partition coefficient (Wildman–Crippen LogP) is 8.61. The van der Waals surface area contributed by atoms with Crippen LogP contribution in [0.1, 0.15) is 27.7 Å². The van der Waals surface area contributed by atoms with Crippen molar-refractivity contribution in [2.24, 2.45) is 0 Å². The first-order valence-electron chi connectivity index (χ1n) is 14.7. The lowest BCUT2D eigenvalue weighted by atomic mass is 9.96. The largest absolute Gasteiger partial charge is 0.423 e. The van der Waals surface area contributed by atoms with Crippen molar-refractivity contribution in [3.63, 3.8) is 0 Å². The van der Waals surface area contributed by atoms with Crippen LogP contribution in [0.2, 0.25) is 0 Å². The maximum absolute atomic E-state index is 12.7. The lowest BCUT2D eigenvalue weighted by Crippen LogP contribution is -2.10. The van der Waals surface area contributed by atoms with E-state index in [0.717, 1.165) is 11.1 Å². The molecule has 0 aliphatic rings. The first kappa shape index (κ1) is 34.6. The first-order valence-corrected chi connectivity index (χ1v) is 14.7. The highest BCUT2D eigenvalue weighted by molar-refractivity contribution is 5.93. The molecule has 4 aromatic rings. The molecule has 8 heteroatoms. The summed E-state index contributed by atoms with van der Waals surface area (Å²) in [4.78, 5) is 49.2. The molecule has 8 nitrogen and oxygen atoms in total. The number of hydrogen-bond acceptors (Lipinski definition) is 8. The molecule has 0 heterocycles. The Morgan fingerprint density at radius 1 is 0.396 bits per heavy atom. The summed E-state index contributed by atoms with van der Waals surface area (Å²) >= 11 is 0. The van der Waals surface area contributed by atoms with Gasteiger partial charge >= 0.3 is 23.9 Å². The van der Waals surface area contributed by atoms with E-state index < -0.39 is 23.9 Å². The molecule has 48 heavy (non-hydrogen) atoms. The van der Waals surface area contributed by atoms with E-state index in [2.05, 4.69) is 26.3 Å². The van der Waals surface area contributed by atoms with Crippen molar-refractivity contribution in [1.29, 1.82) is 0 Å². The van der Waals surface area contributed by atoms with E-state index in [1.165, 1.54) is 0 Å². The van der Waals surface area contributed by atoms with Gasteiger partial charge in [0.15, 0.2) is 0 Å². The maximum atomic E-state index is 12.7. The second-order valence-corrected chi connectivity index (χ2v) is 11.2. The molecule has 0 saturated carbocycles. The molecule has 0 saturated heterocycles. The van der Waals surface area contributed by atoms with E-state index in [0.29, 0.717) is 33.8 Å². The second-order valence-electron chi connectivity index (χ2n) is 11.2. The molecule has 0 N–H and O–H groups in total. The molecule has 4 rings (SSSR count). The van der Waals surface area contributed by atoms with Crippen molar-refractivity contribution in [3.05, 3.63) is 134 Å². The lowest BCUT2D eigenvalue weighted by Gasteiger charge is -2.16. The molecular weight excluding hydrogens is 608 g/mol. The molecule has 0 bridgehead atoms. The minimum Gasteiger partial charge on any atom is -0.423 e. The second kappa shape index (κ2) is 14.9. The quantitative estimate of drug-likeness (QED) is 0.0910. The molecule has 4 aromatic carbocycles. The van der Waals surface area contributed by atoms with Crippen LogP contribution in [0, 0.1) is 0 Å². The van der Waals surface area contributed by atoms with Crippen LogP contribution in [0.5, 0.6) is 23.0 Å². The maximum Gasteiger partial charge on any atom is 0.338 e. The van der Waals surface area contributed by atoms with Crippen LogP contribution in [0.3, 0.4) is 0 Å². The third-order valence-electron chi connectivity index (χ3n) is 6.85. The summed E-state index contributed by atoms with van der Waals surface area (Å²) in [7, 11) is 0. The number of benzene rings is 4. The fourth-order valence-electron chi connectivity index (χ4n) is 4.22. The van der Waals surface area contributed by atoms with Gasteiger partial charge in [-0.15, -0.1) is 0 Å². The molecule has 0 fully saturated rings. The van der Waals surface area contributed by atoms with Crippen molar-refractivity contribution in [2.75, 3.05) is 0 Å². The molecule has 0 aromatic heterocycles. The Morgan fingerprint density at radius 3 is 1.12 bits per heavy atom. The van der Waals surface area contributed by atoms with Crippen LogP contribution >= 0.6 is 0 Å². The molecule has 242 valence electrons. The van der Waals surface area contributed by atoms with Crippen molar-refractivity contribution >= 4 is 23.9 Å². The Kier molecular flexibility index (Phi) is 10.7. The van der Waals surface area contributed by atoms with Crippen LogP contribution in [0.15, 0.2) is 134 Å². The summed E-state index contributed by atoms with van der Waals surface area (Å²) < 4.78 is 22.1. The lowest BCUT2D eigenvalue weighted by molar-refractivity contribution is -0.130. The van der Waals surface area contributed by atoms with Gasteiger partial charge in [-0.3, -0.25) is 0 Å². The van der Waals surface area contributed by atoms with E-state index in [1.54, 1.807) is 107 Å². The average molecular weight is 643 g/mol. The highest BCUT2D eigenvalue weighted by Crippen LogP contribution is 2.40. The van der Waals surface area contributed by atoms with Gasteiger partial charge in [0.1, 0.15) is 23.0 Å². The van der Waals surface area contributed by atoms with Crippen LogP contribution in [0.25, 0.3) is 33.4 Å². The Hall–Kier alpha value is -6.28. The number of rotatable bonds is 11. The van der Waals surface area contributed by atoms with Gasteiger partial charge in [0, 0.05) is 33.4 Å². The topological polar surface area (TPSA) is 105 Å². The van der Waals surface area contributed by atoms with Crippen LogP contribution in [0.4, 0.5) is 0 Å². The zero-order chi connectivity index (χ0) is 35.1. The van der Waals surface area contributed by atoms with Gasteiger partial charge in [-0.25, -0.2) is 19.2 Å². The normalized spacial score (nSPS) is 10.3. The summed E-state index contributed by atoms with van der Waals surface area (Å²) in [5.41, 5.74) is 4.85. The standard InChI is InChI=1S/C40H34O8/c1-23(2)37(41)45-31-15-9-27(10-16-31)29-13-19-34(35(21-29)47-39(43)25(5)6)30-14-20-33(36(22-30)48-40(44)26(7)8)28-11-17-32(18-12-28)46-38(42)24(3)4/h9-22H,1,3,5,7H2,2,4,6,8H3. The van der Waals surface area contributed by atoms with Gasteiger partial charge in [0.2, 0.25) is 0 Å². The van der Waals surface area contributed by atoms with Crippen LogP contribution in [-0.4, -0.2) is 23.9 Å². The van der Waals surface area contributed by atoms with E-state index in [9.17, 15) is 19.2 Å². The average Bonchev–Trinajstić information content (AvgIpc) is 3.05. The number of ether oxygens (including phenoxy) is 4. The number of esters is 4. The first-order chi connectivity index (χ1) is 22.7. The molecule has 0 unspecified atom stereocenters. The summed E-state index contributed by atoms with van der Waals surface area (Å²) in [6.45, 7) is 20.8. The third kappa shape index (κ3) is 8.50. The summed E-state index contributed by atoms with van der Waals surface area (Å²) in [6.07, 6.45) is 0. The molecule has 0 radical (unpaired) electrons. The Balaban J connectivity index is 1.76. The number of carbonyl (C=O) groups excluding carboxylic acids is 4. The van der Waals surface area contributed by atoms with Crippen LogP contribution in [-0.2, 0) is 19.2 Å². The zero-order valence-corrected chi connectivity index (χ0v) is 27.2. The van der Waals surface area contributed by atoms with Crippen molar-refractivity contribution < 1.29 is 38.1 Å². The van der Waals surface area contributed by atoms with Crippen molar-refractivity contribution in [2.45, 2.75) is 27.7 Å². The van der Waals surface area contributed by atoms with E-state index >= 15 is 0 Å². The predicted molar refractivity (Wildman–Crippen MR) is 185 cm³/mol. The van der Waals surface area contributed by atoms with Crippen molar-refractivity contribution in [3.8, 4) is 56.4 Å². The Morgan fingerprint density at radius 2 is 0.708 bits per heavy atom. The summed E-state index contributed by atoms with van der Waals surface area (Å²) in [5, 5.41) is 0. The molecule has 0 atom stereocenters.